The topological polar surface area (TPSA) is 52.0 Å². The molecule has 0 radical (unpaired) electrons. The molecule has 2 nitrogen and oxygen atoms in total. The van der Waals surface area contributed by atoms with Crippen LogP contribution in [0.2, 0.25) is 0 Å². The van der Waals surface area contributed by atoms with E-state index in [0.717, 1.165) is 5.41 Å². The number of hydrogen-bond acceptors (Lipinski definition) is 2. The lowest BCUT2D eigenvalue weighted by Gasteiger charge is -1.86. The fourth-order valence-corrected chi connectivity index (χ4v) is 0.250. The van der Waals surface area contributed by atoms with Crippen LogP contribution in [0.3, 0.4) is 0 Å². The largest absolute Gasteiger partial charge is 0.274 e. The maximum atomic E-state index is 4.00. The summed E-state index contributed by atoms with van der Waals surface area (Å²) in [5.41, 5.74) is 0.750. The first-order chi connectivity index (χ1) is 3.21. The van der Waals surface area contributed by atoms with Gasteiger partial charge in [-0.2, -0.15) is 0 Å². The summed E-state index contributed by atoms with van der Waals surface area (Å²) in [7, 11) is 0. The van der Waals surface area contributed by atoms with Gasteiger partial charge in [0.15, 0.2) is 0 Å². The molecule has 0 aliphatic heterocycles. The van der Waals surface area contributed by atoms with Crippen molar-refractivity contribution in [2.45, 2.75) is 26.7 Å². The van der Waals surface area contributed by atoms with Crippen LogP contribution >= 0.6 is 0 Å². The Kier molecular flexibility index (Phi) is 2.26. The highest BCUT2D eigenvalue weighted by molar-refractivity contribution is 4.82. The van der Waals surface area contributed by atoms with Crippen molar-refractivity contribution in [2.75, 3.05) is 0 Å². The van der Waals surface area contributed by atoms with Gasteiger partial charge in [0, 0.05) is 0 Å². The van der Waals surface area contributed by atoms with Gasteiger partial charge in [-0.3, -0.25) is 11.7 Å². The average molecular weight is 102 g/mol. The molecule has 1 fully saturated rings. The molecule has 2 heteroatoms. The SMILES string of the molecule is CC1(C)CC1.NN. The van der Waals surface area contributed by atoms with Gasteiger partial charge in [0.1, 0.15) is 0 Å². The van der Waals surface area contributed by atoms with Gasteiger partial charge in [0.2, 0.25) is 0 Å². The van der Waals surface area contributed by atoms with Crippen molar-refractivity contribution in [3.05, 3.63) is 0 Å². The molecule has 1 rings (SSSR count). The molecule has 7 heavy (non-hydrogen) atoms. The molecule has 1 aliphatic rings. The molecule has 0 bridgehead atoms. The Hall–Kier alpha value is -0.0800. The first kappa shape index (κ1) is 6.92. The molecule has 0 aromatic heterocycles. The highest BCUT2D eigenvalue weighted by Crippen LogP contribution is 2.43. The molecule has 0 aromatic rings. The van der Waals surface area contributed by atoms with Crippen LogP contribution in [-0.2, 0) is 0 Å². The molecule has 1 aliphatic carbocycles. The third-order valence-corrected chi connectivity index (χ3v) is 1.25. The Balaban J connectivity index is 0.000000162. The molecule has 4 N–H and O–H groups in total. The van der Waals surface area contributed by atoms with Gasteiger partial charge in [-0.25, -0.2) is 0 Å². The molecule has 0 aromatic carbocycles. The fraction of sp³-hybridized carbons (Fsp3) is 1.00. The monoisotopic (exact) mass is 102 g/mol. The Morgan fingerprint density at radius 2 is 1.29 bits per heavy atom. The third-order valence-electron chi connectivity index (χ3n) is 1.25. The zero-order chi connectivity index (χ0) is 5.91. The zero-order valence-electron chi connectivity index (χ0n) is 5.07. The van der Waals surface area contributed by atoms with Crippen molar-refractivity contribution in [1.82, 2.24) is 0 Å². The predicted octanol–water partition coefficient (Wildman–Crippen LogP) is 0.625. The number of rotatable bonds is 0. The maximum absolute atomic E-state index is 4.00. The van der Waals surface area contributed by atoms with Gasteiger partial charge in [-0.05, 0) is 18.3 Å². The first-order valence-electron chi connectivity index (χ1n) is 2.54. The van der Waals surface area contributed by atoms with Crippen LogP contribution in [0.15, 0.2) is 0 Å². The molecular formula is C5H14N2. The molecule has 0 atom stereocenters. The van der Waals surface area contributed by atoms with Gasteiger partial charge in [-0.1, -0.05) is 13.8 Å². The Labute approximate surface area is 44.8 Å². The lowest BCUT2D eigenvalue weighted by molar-refractivity contribution is 0.653. The van der Waals surface area contributed by atoms with Crippen molar-refractivity contribution >= 4 is 0 Å². The lowest BCUT2D eigenvalue weighted by Crippen LogP contribution is -2.02. The van der Waals surface area contributed by atoms with E-state index in [2.05, 4.69) is 25.5 Å². The van der Waals surface area contributed by atoms with E-state index in [1.807, 2.05) is 0 Å². The van der Waals surface area contributed by atoms with E-state index in [1.54, 1.807) is 0 Å². The summed E-state index contributed by atoms with van der Waals surface area (Å²) >= 11 is 0. The predicted molar refractivity (Wildman–Crippen MR) is 31.4 cm³/mol. The second-order valence-corrected chi connectivity index (χ2v) is 2.66. The Morgan fingerprint density at radius 3 is 1.29 bits per heavy atom. The van der Waals surface area contributed by atoms with Crippen LogP contribution in [0.1, 0.15) is 26.7 Å². The second kappa shape index (κ2) is 2.28. The molecular weight excluding hydrogens is 88.1 g/mol. The molecule has 0 amide bonds. The van der Waals surface area contributed by atoms with Crippen molar-refractivity contribution < 1.29 is 0 Å². The van der Waals surface area contributed by atoms with E-state index >= 15 is 0 Å². The van der Waals surface area contributed by atoms with E-state index in [4.69, 9.17) is 0 Å². The first-order valence-corrected chi connectivity index (χ1v) is 2.54. The van der Waals surface area contributed by atoms with Gasteiger partial charge >= 0.3 is 0 Å². The summed E-state index contributed by atoms with van der Waals surface area (Å²) < 4.78 is 0. The number of hydrazine groups is 1. The van der Waals surface area contributed by atoms with Crippen LogP contribution in [-0.4, -0.2) is 0 Å². The molecule has 0 heterocycles. The lowest BCUT2D eigenvalue weighted by atomic mass is 10.2. The smallest absolute Gasteiger partial charge is 0.0354 e. The van der Waals surface area contributed by atoms with Crippen molar-refractivity contribution in [2.24, 2.45) is 17.1 Å². The Morgan fingerprint density at radius 1 is 1.14 bits per heavy atom. The van der Waals surface area contributed by atoms with E-state index in [9.17, 15) is 0 Å². The molecule has 0 saturated heterocycles. The quantitative estimate of drug-likeness (QED) is 0.348. The van der Waals surface area contributed by atoms with Gasteiger partial charge < -0.3 is 0 Å². The summed E-state index contributed by atoms with van der Waals surface area (Å²) in [6.07, 6.45) is 2.90. The van der Waals surface area contributed by atoms with Gasteiger partial charge in [0.05, 0.1) is 0 Å². The minimum absolute atomic E-state index is 0.750. The second-order valence-electron chi connectivity index (χ2n) is 2.66. The number of hydrogen-bond donors (Lipinski definition) is 2. The number of nitrogens with two attached hydrogens (primary N) is 2. The van der Waals surface area contributed by atoms with E-state index < -0.39 is 0 Å². The average Bonchev–Trinajstić information content (AvgIpc) is 2.26. The zero-order valence-corrected chi connectivity index (χ0v) is 5.07. The molecule has 0 spiro atoms. The van der Waals surface area contributed by atoms with Crippen LogP contribution in [0, 0.1) is 5.41 Å². The molecule has 0 unspecified atom stereocenters. The summed E-state index contributed by atoms with van der Waals surface area (Å²) in [6.45, 7) is 4.60. The third kappa shape index (κ3) is 3.76. The van der Waals surface area contributed by atoms with E-state index in [0.29, 0.717) is 0 Å². The van der Waals surface area contributed by atoms with Crippen molar-refractivity contribution in [3.63, 3.8) is 0 Å². The summed E-state index contributed by atoms with van der Waals surface area (Å²) in [5, 5.41) is 0. The minimum atomic E-state index is 0.750. The summed E-state index contributed by atoms with van der Waals surface area (Å²) in [5.74, 6) is 8.00. The van der Waals surface area contributed by atoms with Crippen LogP contribution in [0.5, 0.6) is 0 Å². The van der Waals surface area contributed by atoms with Gasteiger partial charge in [-0.15, -0.1) is 0 Å². The highest BCUT2D eigenvalue weighted by Gasteiger charge is 2.30. The van der Waals surface area contributed by atoms with Crippen LogP contribution < -0.4 is 11.7 Å². The summed E-state index contributed by atoms with van der Waals surface area (Å²) in [6, 6.07) is 0. The van der Waals surface area contributed by atoms with E-state index in [-0.39, 0.29) is 0 Å². The normalized spacial score (nSPS) is 22.3. The fourth-order valence-electron chi connectivity index (χ4n) is 0.250. The van der Waals surface area contributed by atoms with Crippen molar-refractivity contribution in [3.8, 4) is 0 Å². The highest BCUT2D eigenvalue weighted by atomic mass is 15.0. The summed E-state index contributed by atoms with van der Waals surface area (Å²) in [4.78, 5) is 0. The maximum Gasteiger partial charge on any atom is -0.0354 e. The minimum Gasteiger partial charge on any atom is -0.274 e. The standard InChI is InChI=1S/C5H10.H4N2/c1-5(2)3-4-5;1-2/h3-4H2,1-2H3;1-2H2. The van der Waals surface area contributed by atoms with Crippen LogP contribution in [0.4, 0.5) is 0 Å². The van der Waals surface area contributed by atoms with E-state index in [1.165, 1.54) is 12.8 Å². The van der Waals surface area contributed by atoms with Crippen LogP contribution in [0.25, 0.3) is 0 Å². The Bertz CT molecular complexity index is 44.0. The molecule has 44 valence electrons. The molecule has 1 saturated carbocycles. The van der Waals surface area contributed by atoms with Gasteiger partial charge in [0.25, 0.3) is 0 Å². The van der Waals surface area contributed by atoms with Crippen molar-refractivity contribution in [1.29, 1.82) is 0 Å².